The number of methoxy groups -OCH3 is 2. The smallest absolute Gasteiger partial charge is 0.374 e. The fraction of sp³-hybridized carbons (Fsp3) is 0.769. The number of Topliss-reactive ketones (excluding diaryl/α,β-unsaturated/α-hetero) is 1. The van der Waals surface area contributed by atoms with Gasteiger partial charge < -0.3 is 24.1 Å². The molecule has 0 aliphatic rings. The van der Waals surface area contributed by atoms with Gasteiger partial charge in [0.2, 0.25) is 5.78 Å². The highest BCUT2D eigenvalue weighted by atomic mass is 16.6. The van der Waals surface area contributed by atoms with E-state index in [2.05, 4.69) is 4.74 Å². The average molecular weight is 306 g/mol. The SMILES string of the molecule is COCC(C)(COC)C(=O)OCC(O)COC(=O)C(C)=O. The molecular formula is C13H22O8. The minimum absolute atomic E-state index is 0.0924. The minimum Gasteiger partial charge on any atom is -0.462 e. The molecule has 0 aromatic heterocycles. The molecule has 0 rings (SSSR count). The number of hydrogen-bond acceptors (Lipinski definition) is 8. The summed E-state index contributed by atoms with van der Waals surface area (Å²) in [6.07, 6.45) is -1.22. The highest BCUT2D eigenvalue weighted by molar-refractivity contribution is 6.32. The molecule has 0 heterocycles. The Kier molecular flexibility index (Phi) is 8.75. The first-order valence-electron chi connectivity index (χ1n) is 6.27. The summed E-state index contributed by atoms with van der Waals surface area (Å²) in [7, 11) is 2.88. The lowest BCUT2D eigenvalue weighted by atomic mass is 9.93. The molecule has 0 aliphatic carbocycles. The molecule has 0 spiro atoms. The van der Waals surface area contributed by atoms with Crippen molar-refractivity contribution in [2.45, 2.75) is 20.0 Å². The first kappa shape index (κ1) is 19.5. The summed E-state index contributed by atoms with van der Waals surface area (Å²) in [5.41, 5.74) is -1.00. The second-order valence-electron chi connectivity index (χ2n) is 4.83. The number of aliphatic hydroxyl groups excluding tert-OH is 1. The Bertz CT molecular complexity index is 359. The Hall–Kier alpha value is -1.51. The lowest BCUT2D eigenvalue weighted by molar-refractivity contribution is -0.167. The largest absolute Gasteiger partial charge is 0.462 e. The van der Waals surface area contributed by atoms with E-state index in [1.54, 1.807) is 6.92 Å². The second-order valence-corrected chi connectivity index (χ2v) is 4.83. The fourth-order valence-corrected chi connectivity index (χ4v) is 1.46. The van der Waals surface area contributed by atoms with Crippen LogP contribution in [0.2, 0.25) is 0 Å². The molecule has 1 atom stereocenters. The number of hydrogen-bond donors (Lipinski definition) is 1. The van der Waals surface area contributed by atoms with Gasteiger partial charge in [0.25, 0.3) is 0 Å². The van der Waals surface area contributed by atoms with E-state index in [1.807, 2.05) is 0 Å². The molecule has 8 heteroatoms. The van der Waals surface area contributed by atoms with Crippen molar-refractivity contribution in [3.8, 4) is 0 Å². The lowest BCUT2D eigenvalue weighted by Crippen LogP contribution is -2.40. The molecular weight excluding hydrogens is 284 g/mol. The van der Waals surface area contributed by atoms with Crippen LogP contribution in [0.3, 0.4) is 0 Å². The van der Waals surface area contributed by atoms with Crippen LogP contribution in [-0.2, 0) is 33.3 Å². The van der Waals surface area contributed by atoms with Crippen LogP contribution in [0.4, 0.5) is 0 Å². The molecule has 0 aromatic rings. The van der Waals surface area contributed by atoms with E-state index in [-0.39, 0.29) is 19.8 Å². The number of ether oxygens (including phenoxy) is 4. The summed E-state index contributed by atoms with van der Waals surface area (Å²) >= 11 is 0. The van der Waals surface area contributed by atoms with Gasteiger partial charge in [0.15, 0.2) is 0 Å². The van der Waals surface area contributed by atoms with Gasteiger partial charge in [-0.3, -0.25) is 9.59 Å². The number of esters is 2. The van der Waals surface area contributed by atoms with Crippen LogP contribution in [0.5, 0.6) is 0 Å². The van der Waals surface area contributed by atoms with Gasteiger partial charge in [0, 0.05) is 21.1 Å². The van der Waals surface area contributed by atoms with Crippen molar-refractivity contribution in [2.75, 3.05) is 40.6 Å². The van der Waals surface area contributed by atoms with E-state index in [4.69, 9.17) is 14.2 Å². The Morgan fingerprint density at radius 2 is 1.52 bits per heavy atom. The third kappa shape index (κ3) is 7.16. The maximum atomic E-state index is 11.9. The monoisotopic (exact) mass is 306 g/mol. The van der Waals surface area contributed by atoms with Crippen LogP contribution in [-0.4, -0.2) is 69.6 Å². The normalized spacial score (nSPS) is 12.6. The highest BCUT2D eigenvalue weighted by Gasteiger charge is 2.35. The Morgan fingerprint density at radius 1 is 1.05 bits per heavy atom. The second kappa shape index (κ2) is 9.43. The summed E-state index contributed by atoms with van der Waals surface area (Å²) in [4.78, 5) is 33.5. The molecule has 0 amide bonds. The molecule has 8 nitrogen and oxygen atoms in total. The van der Waals surface area contributed by atoms with Gasteiger partial charge in [-0.25, -0.2) is 4.79 Å². The summed E-state index contributed by atoms with van der Waals surface area (Å²) in [6, 6.07) is 0. The van der Waals surface area contributed by atoms with Crippen molar-refractivity contribution in [1.82, 2.24) is 0 Å². The number of carbonyl (C=O) groups is 3. The predicted molar refractivity (Wildman–Crippen MR) is 70.5 cm³/mol. The van der Waals surface area contributed by atoms with Crippen LogP contribution in [0.1, 0.15) is 13.8 Å². The number of carbonyl (C=O) groups excluding carboxylic acids is 3. The zero-order chi connectivity index (χ0) is 16.5. The van der Waals surface area contributed by atoms with Gasteiger partial charge in [-0.15, -0.1) is 0 Å². The maximum Gasteiger partial charge on any atom is 0.374 e. The van der Waals surface area contributed by atoms with Crippen molar-refractivity contribution in [1.29, 1.82) is 0 Å². The molecule has 1 N–H and O–H groups in total. The maximum absolute atomic E-state index is 11.9. The summed E-state index contributed by atoms with van der Waals surface area (Å²) < 4.78 is 19.3. The van der Waals surface area contributed by atoms with Crippen LogP contribution in [0.15, 0.2) is 0 Å². The number of ketones is 1. The third-order valence-corrected chi connectivity index (χ3v) is 2.52. The lowest BCUT2D eigenvalue weighted by Gasteiger charge is -2.26. The van der Waals surface area contributed by atoms with E-state index in [0.29, 0.717) is 0 Å². The van der Waals surface area contributed by atoms with Crippen molar-refractivity contribution >= 4 is 17.7 Å². The highest BCUT2D eigenvalue weighted by Crippen LogP contribution is 2.19. The molecule has 122 valence electrons. The summed E-state index contributed by atoms with van der Waals surface area (Å²) in [5, 5.41) is 9.53. The summed E-state index contributed by atoms with van der Waals surface area (Å²) in [6.45, 7) is 2.04. The van der Waals surface area contributed by atoms with Crippen molar-refractivity contribution in [3.05, 3.63) is 0 Å². The average Bonchev–Trinajstić information content (AvgIpc) is 2.42. The number of rotatable bonds is 10. The third-order valence-electron chi connectivity index (χ3n) is 2.52. The van der Waals surface area contributed by atoms with Gasteiger partial charge in [-0.2, -0.15) is 0 Å². The Morgan fingerprint density at radius 3 is 1.95 bits per heavy atom. The van der Waals surface area contributed by atoms with Gasteiger partial charge in [-0.1, -0.05) is 0 Å². The molecule has 0 aromatic carbocycles. The van der Waals surface area contributed by atoms with Gasteiger partial charge >= 0.3 is 11.9 Å². The zero-order valence-electron chi connectivity index (χ0n) is 12.7. The first-order chi connectivity index (χ1) is 9.76. The molecule has 0 saturated heterocycles. The van der Waals surface area contributed by atoms with Crippen LogP contribution < -0.4 is 0 Å². The Balaban J connectivity index is 4.26. The van der Waals surface area contributed by atoms with E-state index < -0.39 is 35.8 Å². The molecule has 21 heavy (non-hydrogen) atoms. The first-order valence-corrected chi connectivity index (χ1v) is 6.27. The van der Waals surface area contributed by atoms with Gasteiger partial charge in [0.1, 0.15) is 24.7 Å². The van der Waals surface area contributed by atoms with Crippen LogP contribution >= 0.6 is 0 Å². The van der Waals surface area contributed by atoms with Crippen molar-refractivity contribution in [2.24, 2.45) is 5.41 Å². The van der Waals surface area contributed by atoms with Crippen LogP contribution in [0.25, 0.3) is 0 Å². The molecule has 0 radical (unpaired) electrons. The van der Waals surface area contributed by atoms with Crippen molar-refractivity contribution in [3.63, 3.8) is 0 Å². The van der Waals surface area contributed by atoms with E-state index in [1.165, 1.54) is 14.2 Å². The predicted octanol–water partition coefficient (Wildman–Crippen LogP) is -0.678. The van der Waals surface area contributed by atoms with E-state index in [0.717, 1.165) is 6.92 Å². The Labute approximate surface area is 123 Å². The van der Waals surface area contributed by atoms with Crippen LogP contribution in [0, 0.1) is 5.41 Å². The van der Waals surface area contributed by atoms with Gasteiger partial charge in [-0.05, 0) is 6.92 Å². The zero-order valence-corrected chi connectivity index (χ0v) is 12.7. The van der Waals surface area contributed by atoms with Gasteiger partial charge in [0.05, 0.1) is 13.2 Å². The standard InChI is InChI=1S/C13H22O8/c1-9(14)11(16)20-5-10(15)6-21-12(17)13(2,7-18-3)8-19-4/h10,15H,5-8H2,1-4H3. The topological polar surface area (TPSA) is 108 Å². The molecule has 0 saturated carbocycles. The quantitative estimate of drug-likeness (QED) is 0.418. The molecule has 0 aliphatic heterocycles. The molecule has 1 unspecified atom stereocenters. The van der Waals surface area contributed by atoms with E-state index >= 15 is 0 Å². The fourth-order valence-electron chi connectivity index (χ4n) is 1.46. The minimum atomic E-state index is -1.22. The van der Waals surface area contributed by atoms with E-state index in [9.17, 15) is 19.5 Å². The molecule has 0 bridgehead atoms. The number of aliphatic hydroxyl groups is 1. The summed E-state index contributed by atoms with van der Waals surface area (Å²) in [5.74, 6) is -2.43. The van der Waals surface area contributed by atoms with Crippen molar-refractivity contribution < 1.29 is 38.4 Å². The molecule has 0 fully saturated rings.